The van der Waals surface area contributed by atoms with Crippen LogP contribution in [0.3, 0.4) is 0 Å². The number of carbonyl (C=O) groups excluding carboxylic acids is 1. The van der Waals surface area contributed by atoms with E-state index >= 15 is 0 Å². The van der Waals surface area contributed by atoms with Crippen LogP contribution in [-0.4, -0.2) is 20.7 Å². The molecule has 1 N–H and O–H groups in total. The minimum atomic E-state index is -0.417. The van der Waals surface area contributed by atoms with E-state index in [-0.39, 0.29) is 5.91 Å². The number of aryl methyl sites for hydroxylation is 2. The van der Waals surface area contributed by atoms with E-state index in [9.17, 15) is 4.79 Å². The summed E-state index contributed by atoms with van der Waals surface area (Å²) in [5, 5.41) is 7.16. The quantitative estimate of drug-likeness (QED) is 0.943. The number of pyridine rings is 1. The van der Waals surface area contributed by atoms with Gasteiger partial charge in [-0.3, -0.25) is 14.5 Å². The second-order valence-corrected chi connectivity index (χ2v) is 6.33. The van der Waals surface area contributed by atoms with E-state index in [1.165, 1.54) is 0 Å². The summed E-state index contributed by atoms with van der Waals surface area (Å²) in [4.78, 5) is 16.4. The van der Waals surface area contributed by atoms with Gasteiger partial charge in [0.25, 0.3) is 0 Å². The lowest BCUT2D eigenvalue weighted by Gasteiger charge is -2.16. The van der Waals surface area contributed by atoms with Crippen molar-refractivity contribution in [3.8, 4) is 0 Å². The number of hydrogen-bond acceptors (Lipinski definition) is 3. The van der Waals surface area contributed by atoms with Crippen molar-refractivity contribution < 1.29 is 4.79 Å². The van der Waals surface area contributed by atoms with E-state index in [1.807, 2.05) is 46.9 Å². The highest BCUT2D eigenvalue weighted by Crippen LogP contribution is 2.17. The number of rotatable bonds is 3. The molecule has 0 radical (unpaired) electrons. The van der Waals surface area contributed by atoms with Crippen molar-refractivity contribution in [1.29, 1.82) is 0 Å². The van der Waals surface area contributed by atoms with E-state index < -0.39 is 5.41 Å². The molecule has 0 saturated heterocycles. The van der Waals surface area contributed by atoms with Crippen LogP contribution in [0, 0.1) is 19.3 Å². The third-order valence-electron chi connectivity index (χ3n) is 3.24. The predicted molar refractivity (Wildman–Crippen MR) is 83.1 cm³/mol. The molecule has 2 heterocycles. The topological polar surface area (TPSA) is 59.8 Å². The molecule has 2 aromatic heterocycles. The van der Waals surface area contributed by atoms with Gasteiger partial charge in [-0.15, -0.1) is 0 Å². The van der Waals surface area contributed by atoms with Gasteiger partial charge >= 0.3 is 0 Å². The van der Waals surface area contributed by atoms with E-state index in [2.05, 4.69) is 21.5 Å². The molecular formula is C16H22N4O. The molecule has 2 aromatic rings. The maximum atomic E-state index is 11.9. The molecule has 0 saturated carbocycles. The molecule has 0 aliphatic heterocycles. The second-order valence-electron chi connectivity index (χ2n) is 6.33. The molecule has 21 heavy (non-hydrogen) atoms. The first kappa shape index (κ1) is 15.2. The van der Waals surface area contributed by atoms with Crippen molar-refractivity contribution in [3.63, 3.8) is 0 Å². The fourth-order valence-corrected chi connectivity index (χ4v) is 1.89. The molecule has 2 rings (SSSR count). The average Bonchev–Trinajstić information content (AvgIpc) is 2.79. The van der Waals surface area contributed by atoms with Gasteiger partial charge in [0, 0.05) is 23.0 Å². The summed E-state index contributed by atoms with van der Waals surface area (Å²) < 4.78 is 1.80. The maximum absolute atomic E-state index is 11.9. The van der Waals surface area contributed by atoms with E-state index in [0.29, 0.717) is 12.2 Å². The van der Waals surface area contributed by atoms with Crippen LogP contribution in [0.4, 0.5) is 5.69 Å². The Hall–Kier alpha value is -2.17. The third kappa shape index (κ3) is 3.90. The summed E-state index contributed by atoms with van der Waals surface area (Å²) in [6.07, 6.45) is 3.50. The average molecular weight is 286 g/mol. The van der Waals surface area contributed by atoms with Crippen molar-refractivity contribution in [2.24, 2.45) is 5.41 Å². The van der Waals surface area contributed by atoms with Crippen LogP contribution >= 0.6 is 0 Å². The largest absolute Gasteiger partial charge is 0.323 e. The van der Waals surface area contributed by atoms with Gasteiger partial charge in [-0.2, -0.15) is 5.10 Å². The SMILES string of the molecule is Cc1ccc(Cn2cc(NC(=O)C(C)(C)C)cn2)c(C)n1. The smallest absolute Gasteiger partial charge is 0.229 e. The normalized spacial score (nSPS) is 11.5. The number of anilines is 1. The lowest BCUT2D eigenvalue weighted by atomic mass is 9.96. The van der Waals surface area contributed by atoms with Gasteiger partial charge in [0.1, 0.15) is 0 Å². The number of carbonyl (C=O) groups is 1. The van der Waals surface area contributed by atoms with E-state index in [0.717, 1.165) is 17.0 Å². The standard InChI is InChI=1S/C16H22N4O/c1-11-6-7-13(12(2)18-11)9-20-10-14(8-17-20)19-15(21)16(3,4)5/h6-8,10H,9H2,1-5H3,(H,19,21). The number of aromatic nitrogens is 3. The highest BCUT2D eigenvalue weighted by molar-refractivity contribution is 5.94. The van der Waals surface area contributed by atoms with Gasteiger partial charge in [0.15, 0.2) is 0 Å². The highest BCUT2D eigenvalue weighted by Gasteiger charge is 2.21. The van der Waals surface area contributed by atoms with E-state index in [1.54, 1.807) is 10.9 Å². The van der Waals surface area contributed by atoms with Gasteiger partial charge in [-0.25, -0.2) is 0 Å². The van der Waals surface area contributed by atoms with Crippen molar-refractivity contribution in [3.05, 3.63) is 41.5 Å². The van der Waals surface area contributed by atoms with Gasteiger partial charge in [-0.1, -0.05) is 26.8 Å². The first-order valence-electron chi connectivity index (χ1n) is 7.03. The minimum absolute atomic E-state index is 0.0183. The van der Waals surface area contributed by atoms with Gasteiger partial charge < -0.3 is 5.32 Å². The van der Waals surface area contributed by atoms with Crippen LogP contribution in [0.15, 0.2) is 24.5 Å². The number of nitrogens with zero attached hydrogens (tertiary/aromatic N) is 3. The molecule has 112 valence electrons. The number of amides is 1. The molecule has 0 aromatic carbocycles. The fraction of sp³-hybridized carbons (Fsp3) is 0.438. The number of nitrogens with one attached hydrogen (secondary N) is 1. The van der Waals surface area contributed by atoms with Gasteiger partial charge in [0.2, 0.25) is 5.91 Å². The van der Waals surface area contributed by atoms with Crippen LogP contribution < -0.4 is 5.32 Å². The zero-order valence-electron chi connectivity index (χ0n) is 13.3. The van der Waals surface area contributed by atoms with Crippen LogP contribution in [0.25, 0.3) is 0 Å². The van der Waals surface area contributed by atoms with Gasteiger partial charge in [-0.05, 0) is 25.5 Å². The predicted octanol–water partition coefficient (Wildman–Crippen LogP) is 2.93. The molecule has 0 atom stereocenters. The summed E-state index contributed by atoms with van der Waals surface area (Å²) in [6.45, 7) is 10.3. The molecule has 1 amide bonds. The lowest BCUT2D eigenvalue weighted by Crippen LogP contribution is -2.27. The Bertz CT molecular complexity index is 653. The number of hydrogen-bond donors (Lipinski definition) is 1. The van der Waals surface area contributed by atoms with Gasteiger partial charge in [0.05, 0.1) is 18.4 Å². The molecule has 0 aliphatic rings. The Morgan fingerprint density at radius 1 is 1.29 bits per heavy atom. The second kappa shape index (κ2) is 5.68. The Morgan fingerprint density at radius 2 is 2.00 bits per heavy atom. The molecule has 0 aliphatic carbocycles. The van der Waals surface area contributed by atoms with Crippen LogP contribution in [0.5, 0.6) is 0 Å². The zero-order valence-corrected chi connectivity index (χ0v) is 13.3. The maximum Gasteiger partial charge on any atom is 0.229 e. The summed E-state index contributed by atoms with van der Waals surface area (Å²) in [5.41, 5.74) is 3.44. The Morgan fingerprint density at radius 3 is 2.62 bits per heavy atom. The van der Waals surface area contributed by atoms with Crippen LogP contribution in [-0.2, 0) is 11.3 Å². The molecule has 5 heteroatoms. The summed E-state index contributed by atoms with van der Waals surface area (Å²) in [5.74, 6) is -0.0183. The summed E-state index contributed by atoms with van der Waals surface area (Å²) in [6, 6.07) is 4.06. The zero-order chi connectivity index (χ0) is 15.6. The molecule has 0 fully saturated rings. The summed E-state index contributed by atoms with van der Waals surface area (Å²) >= 11 is 0. The van der Waals surface area contributed by atoms with Crippen LogP contribution in [0.2, 0.25) is 0 Å². The highest BCUT2D eigenvalue weighted by atomic mass is 16.2. The molecule has 0 bridgehead atoms. The minimum Gasteiger partial charge on any atom is -0.323 e. The molecule has 0 spiro atoms. The Labute approximate surface area is 125 Å². The third-order valence-corrected chi connectivity index (χ3v) is 3.24. The monoisotopic (exact) mass is 286 g/mol. The Kier molecular flexibility index (Phi) is 4.11. The first-order chi connectivity index (χ1) is 9.75. The molecule has 0 unspecified atom stereocenters. The molecule has 5 nitrogen and oxygen atoms in total. The summed E-state index contributed by atoms with van der Waals surface area (Å²) in [7, 11) is 0. The van der Waals surface area contributed by atoms with Crippen molar-refractivity contribution in [1.82, 2.24) is 14.8 Å². The van der Waals surface area contributed by atoms with Crippen molar-refractivity contribution >= 4 is 11.6 Å². The Balaban J connectivity index is 2.08. The molecular weight excluding hydrogens is 264 g/mol. The van der Waals surface area contributed by atoms with Crippen molar-refractivity contribution in [2.75, 3.05) is 5.32 Å². The lowest BCUT2D eigenvalue weighted by molar-refractivity contribution is -0.123. The first-order valence-corrected chi connectivity index (χ1v) is 7.03. The fourth-order valence-electron chi connectivity index (χ4n) is 1.89. The van der Waals surface area contributed by atoms with Crippen LogP contribution in [0.1, 0.15) is 37.7 Å². The van der Waals surface area contributed by atoms with Crippen molar-refractivity contribution in [2.45, 2.75) is 41.2 Å². The van der Waals surface area contributed by atoms with E-state index in [4.69, 9.17) is 0 Å².